The van der Waals surface area contributed by atoms with E-state index in [1.807, 2.05) is 30.3 Å². The summed E-state index contributed by atoms with van der Waals surface area (Å²) in [7, 11) is -2.50. The first-order chi connectivity index (χ1) is 14.3. The lowest BCUT2D eigenvalue weighted by Crippen LogP contribution is -2.47. The highest BCUT2D eigenvalue weighted by atomic mass is 32.2. The minimum absolute atomic E-state index is 0.0534. The van der Waals surface area contributed by atoms with Gasteiger partial charge in [0.2, 0.25) is 11.8 Å². The van der Waals surface area contributed by atoms with E-state index in [0.29, 0.717) is 0 Å². The van der Waals surface area contributed by atoms with Crippen LogP contribution in [0.4, 0.5) is 0 Å². The van der Waals surface area contributed by atoms with Crippen molar-refractivity contribution in [3.05, 3.63) is 65.7 Å². The van der Waals surface area contributed by atoms with Crippen LogP contribution in [-0.2, 0) is 26.2 Å². The van der Waals surface area contributed by atoms with Crippen molar-refractivity contribution in [1.29, 1.82) is 0 Å². The van der Waals surface area contributed by atoms with Gasteiger partial charge in [-0.25, -0.2) is 12.7 Å². The molecule has 9 heteroatoms. The van der Waals surface area contributed by atoms with E-state index in [1.165, 1.54) is 24.1 Å². The van der Waals surface area contributed by atoms with Gasteiger partial charge in [0, 0.05) is 26.6 Å². The Morgan fingerprint density at radius 3 is 2.33 bits per heavy atom. The second-order valence-electron chi connectivity index (χ2n) is 6.93. The third-order valence-electron chi connectivity index (χ3n) is 5.05. The van der Waals surface area contributed by atoms with E-state index in [4.69, 9.17) is 0 Å². The van der Waals surface area contributed by atoms with Crippen molar-refractivity contribution < 1.29 is 22.8 Å². The van der Waals surface area contributed by atoms with Crippen molar-refractivity contribution in [2.75, 3.05) is 13.6 Å². The standard InChI is InChI=1S/C21H23N3O5S/c1-15(20(26)22-2)23(14-16-8-4-3-5-9-16)19(25)12-13-24-21(27)17-10-6-7-11-18(17)30(24,28)29/h3-11,15H,12-14H2,1-2H3,(H,22,26). The molecule has 2 aromatic rings. The normalized spacial score (nSPS) is 15.4. The maximum Gasteiger partial charge on any atom is 0.269 e. The summed E-state index contributed by atoms with van der Waals surface area (Å²) in [5, 5.41) is 2.52. The van der Waals surface area contributed by atoms with Crippen molar-refractivity contribution >= 4 is 27.7 Å². The van der Waals surface area contributed by atoms with Crippen LogP contribution in [0.25, 0.3) is 0 Å². The third-order valence-corrected chi connectivity index (χ3v) is 6.89. The Morgan fingerprint density at radius 1 is 1.07 bits per heavy atom. The van der Waals surface area contributed by atoms with Crippen LogP contribution in [0.2, 0.25) is 0 Å². The van der Waals surface area contributed by atoms with E-state index in [9.17, 15) is 22.8 Å². The van der Waals surface area contributed by atoms with Gasteiger partial charge in [0.05, 0.1) is 5.56 Å². The second-order valence-corrected chi connectivity index (χ2v) is 8.76. The Bertz CT molecular complexity index is 1070. The maximum atomic E-state index is 13.0. The number of amides is 3. The van der Waals surface area contributed by atoms with Gasteiger partial charge in [-0.15, -0.1) is 0 Å². The number of hydrogen-bond acceptors (Lipinski definition) is 5. The fourth-order valence-electron chi connectivity index (χ4n) is 3.36. The summed E-state index contributed by atoms with van der Waals surface area (Å²) in [5.41, 5.74) is 0.934. The molecule has 30 heavy (non-hydrogen) atoms. The number of carbonyl (C=O) groups is 3. The molecule has 1 unspecified atom stereocenters. The Labute approximate surface area is 175 Å². The number of carbonyl (C=O) groups excluding carboxylic acids is 3. The molecule has 8 nitrogen and oxygen atoms in total. The summed E-state index contributed by atoms with van der Waals surface area (Å²) in [6, 6.07) is 14.4. The molecule has 0 aliphatic carbocycles. The van der Waals surface area contributed by atoms with Crippen LogP contribution in [0.15, 0.2) is 59.5 Å². The molecule has 1 aliphatic rings. The number of likely N-dealkylation sites (N-methyl/N-ethyl adjacent to an activating group) is 1. The fourth-order valence-corrected chi connectivity index (χ4v) is 4.93. The van der Waals surface area contributed by atoms with Crippen LogP contribution in [-0.4, -0.2) is 55.0 Å². The first-order valence-corrected chi connectivity index (χ1v) is 10.9. The monoisotopic (exact) mass is 429 g/mol. The zero-order chi connectivity index (χ0) is 21.9. The van der Waals surface area contributed by atoms with Crippen LogP contribution in [0.3, 0.4) is 0 Å². The van der Waals surface area contributed by atoms with E-state index in [-0.39, 0.29) is 35.9 Å². The first-order valence-electron chi connectivity index (χ1n) is 9.48. The van der Waals surface area contributed by atoms with Crippen LogP contribution in [0, 0.1) is 0 Å². The highest BCUT2D eigenvalue weighted by molar-refractivity contribution is 7.90. The molecule has 1 heterocycles. The minimum Gasteiger partial charge on any atom is -0.357 e. The third kappa shape index (κ3) is 4.06. The van der Waals surface area contributed by atoms with Gasteiger partial charge in [0.25, 0.3) is 15.9 Å². The molecule has 0 saturated carbocycles. The van der Waals surface area contributed by atoms with Gasteiger partial charge in [-0.2, -0.15) is 0 Å². The van der Waals surface area contributed by atoms with Gasteiger partial charge >= 0.3 is 0 Å². The van der Waals surface area contributed by atoms with Gasteiger partial charge in [-0.3, -0.25) is 14.4 Å². The van der Waals surface area contributed by atoms with Gasteiger partial charge in [-0.05, 0) is 24.6 Å². The van der Waals surface area contributed by atoms with Gasteiger partial charge in [0.1, 0.15) is 10.9 Å². The molecule has 1 aliphatic heterocycles. The number of rotatable bonds is 7. The number of nitrogens with zero attached hydrogens (tertiary/aromatic N) is 2. The quantitative estimate of drug-likeness (QED) is 0.716. The van der Waals surface area contributed by atoms with E-state index < -0.39 is 27.9 Å². The largest absolute Gasteiger partial charge is 0.357 e. The molecular formula is C21H23N3O5S. The zero-order valence-electron chi connectivity index (χ0n) is 16.7. The predicted molar refractivity (Wildman–Crippen MR) is 110 cm³/mol. The summed E-state index contributed by atoms with van der Waals surface area (Å²) >= 11 is 0. The number of hydrogen-bond donors (Lipinski definition) is 1. The molecule has 3 rings (SSSR count). The Kier molecular flexibility index (Phi) is 6.21. The molecular weight excluding hydrogens is 406 g/mol. The summed E-state index contributed by atoms with van der Waals surface area (Å²) in [4.78, 5) is 39.0. The van der Waals surface area contributed by atoms with Gasteiger partial charge < -0.3 is 10.2 Å². The average Bonchev–Trinajstić information content (AvgIpc) is 2.95. The van der Waals surface area contributed by atoms with Gasteiger partial charge in [0.15, 0.2) is 0 Å². The van der Waals surface area contributed by atoms with E-state index in [0.717, 1.165) is 9.87 Å². The number of sulfonamides is 1. The Hall–Kier alpha value is -3.20. The predicted octanol–water partition coefficient (Wildman–Crippen LogP) is 1.38. The van der Waals surface area contributed by atoms with Crippen LogP contribution in [0.1, 0.15) is 29.3 Å². The maximum absolute atomic E-state index is 13.0. The number of benzene rings is 2. The molecule has 0 aromatic heterocycles. The smallest absolute Gasteiger partial charge is 0.269 e. The minimum atomic E-state index is -3.98. The number of fused-ring (bicyclic) bond motifs is 1. The SMILES string of the molecule is CNC(=O)C(C)N(Cc1ccccc1)C(=O)CCN1C(=O)c2ccccc2S1(=O)=O. The fraction of sp³-hybridized carbons (Fsp3) is 0.286. The zero-order valence-corrected chi connectivity index (χ0v) is 17.6. The molecule has 2 aromatic carbocycles. The van der Waals surface area contributed by atoms with E-state index in [2.05, 4.69) is 5.32 Å². The molecule has 3 amide bonds. The van der Waals surface area contributed by atoms with Crippen molar-refractivity contribution in [3.63, 3.8) is 0 Å². The lowest BCUT2D eigenvalue weighted by atomic mass is 10.1. The van der Waals surface area contributed by atoms with Crippen LogP contribution >= 0.6 is 0 Å². The van der Waals surface area contributed by atoms with Gasteiger partial charge in [-0.1, -0.05) is 42.5 Å². The van der Waals surface area contributed by atoms with Crippen LogP contribution < -0.4 is 5.32 Å². The number of nitrogens with one attached hydrogen (secondary N) is 1. The molecule has 0 saturated heterocycles. The van der Waals surface area contributed by atoms with Crippen LogP contribution in [0.5, 0.6) is 0 Å². The average molecular weight is 429 g/mol. The summed E-state index contributed by atoms with van der Waals surface area (Å²) < 4.78 is 26.1. The lowest BCUT2D eigenvalue weighted by Gasteiger charge is -2.29. The van der Waals surface area contributed by atoms with Crippen molar-refractivity contribution in [2.45, 2.75) is 30.8 Å². The summed E-state index contributed by atoms with van der Waals surface area (Å²) in [5.74, 6) is -1.40. The topological polar surface area (TPSA) is 104 Å². The van der Waals surface area contributed by atoms with Crippen molar-refractivity contribution in [2.24, 2.45) is 0 Å². The van der Waals surface area contributed by atoms with E-state index in [1.54, 1.807) is 19.1 Å². The highest BCUT2D eigenvalue weighted by Gasteiger charge is 2.41. The molecule has 1 atom stereocenters. The highest BCUT2D eigenvalue weighted by Crippen LogP contribution is 2.30. The summed E-state index contributed by atoms with van der Waals surface area (Å²) in [6.07, 6.45) is -0.229. The second kappa shape index (κ2) is 8.66. The molecule has 158 valence electrons. The molecule has 0 spiro atoms. The lowest BCUT2D eigenvalue weighted by molar-refractivity contribution is -0.140. The molecule has 0 fully saturated rings. The first kappa shape index (κ1) is 21.5. The molecule has 1 N–H and O–H groups in total. The van der Waals surface area contributed by atoms with Crippen molar-refractivity contribution in [3.8, 4) is 0 Å². The Balaban J connectivity index is 1.78. The van der Waals surface area contributed by atoms with E-state index >= 15 is 0 Å². The Morgan fingerprint density at radius 2 is 1.70 bits per heavy atom. The molecule has 0 radical (unpaired) electrons. The molecule has 0 bridgehead atoms. The summed E-state index contributed by atoms with van der Waals surface area (Å²) in [6.45, 7) is 1.50. The van der Waals surface area contributed by atoms with Crippen molar-refractivity contribution in [1.82, 2.24) is 14.5 Å².